The number of carbonyl (C=O) groups excluding carboxylic acids is 1. The molecule has 0 N–H and O–H groups in total. The molecular formula is C25H20O2. The zero-order valence-corrected chi connectivity index (χ0v) is 15.0. The number of hydrogen-bond donors (Lipinski definition) is 0. The first kappa shape index (κ1) is 17.0. The third-order valence-electron chi connectivity index (χ3n) is 4.67. The predicted molar refractivity (Wildman–Crippen MR) is 109 cm³/mol. The molecule has 0 unspecified atom stereocenters. The van der Waals surface area contributed by atoms with Gasteiger partial charge in [-0.15, -0.1) is 0 Å². The molecule has 0 radical (unpaired) electrons. The quantitative estimate of drug-likeness (QED) is 0.333. The molecule has 0 aliphatic heterocycles. The van der Waals surface area contributed by atoms with E-state index in [2.05, 4.69) is 24.3 Å². The SMILES string of the molecule is O=C(Oc1ccc2ccccc2c1)c1ccc(CCc2ccccc2)cc1. The summed E-state index contributed by atoms with van der Waals surface area (Å²) in [5.41, 5.74) is 3.09. The number of rotatable bonds is 5. The first-order chi connectivity index (χ1) is 13.3. The molecule has 0 atom stereocenters. The molecule has 0 aliphatic carbocycles. The van der Waals surface area contributed by atoms with Crippen molar-refractivity contribution in [3.05, 3.63) is 114 Å². The maximum atomic E-state index is 12.4. The van der Waals surface area contributed by atoms with Crippen molar-refractivity contribution in [1.82, 2.24) is 0 Å². The molecule has 0 spiro atoms. The summed E-state index contributed by atoms with van der Waals surface area (Å²) >= 11 is 0. The van der Waals surface area contributed by atoms with E-state index in [9.17, 15) is 4.79 Å². The van der Waals surface area contributed by atoms with E-state index in [-0.39, 0.29) is 5.97 Å². The summed E-state index contributed by atoms with van der Waals surface area (Å²) in [6, 6.07) is 31.8. The normalized spacial score (nSPS) is 10.7. The van der Waals surface area contributed by atoms with E-state index >= 15 is 0 Å². The Morgan fingerprint density at radius 1 is 0.630 bits per heavy atom. The van der Waals surface area contributed by atoms with Gasteiger partial charge in [0.05, 0.1) is 5.56 Å². The van der Waals surface area contributed by atoms with Gasteiger partial charge in [0, 0.05) is 0 Å². The van der Waals surface area contributed by atoms with Crippen molar-refractivity contribution in [1.29, 1.82) is 0 Å². The van der Waals surface area contributed by atoms with Crippen molar-refractivity contribution in [3.63, 3.8) is 0 Å². The fourth-order valence-corrected chi connectivity index (χ4v) is 3.14. The molecule has 0 aliphatic rings. The highest BCUT2D eigenvalue weighted by molar-refractivity contribution is 5.92. The molecule has 4 rings (SSSR count). The van der Waals surface area contributed by atoms with E-state index in [0.29, 0.717) is 11.3 Å². The smallest absolute Gasteiger partial charge is 0.343 e. The van der Waals surface area contributed by atoms with Crippen LogP contribution in [-0.2, 0) is 12.8 Å². The average molecular weight is 352 g/mol. The number of ether oxygens (including phenoxy) is 1. The Bertz CT molecular complexity index is 1050. The zero-order chi connectivity index (χ0) is 18.5. The van der Waals surface area contributed by atoms with Crippen LogP contribution in [0.15, 0.2) is 97.1 Å². The van der Waals surface area contributed by atoms with E-state index in [1.165, 1.54) is 11.1 Å². The molecule has 0 fully saturated rings. The van der Waals surface area contributed by atoms with Gasteiger partial charge in [0.1, 0.15) is 5.75 Å². The van der Waals surface area contributed by atoms with Crippen LogP contribution in [0.3, 0.4) is 0 Å². The van der Waals surface area contributed by atoms with Crippen LogP contribution in [0, 0.1) is 0 Å². The molecule has 27 heavy (non-hydrogen) atoms. The van der Waals surface area contributed by atoms with Gasteiger partial charge in [-0.05, 0) is 59.0 Å². The van der Waals surface area contributed by atoms with Gasteiger partial charge in [-0.2, -0.15) is 0 Å². The summed E-state index contributed by atoms with van der Waals surface area (Å²) < 4.78 is 5.54. The van der Waals surface area contributed by atoms with Gasteiger partial charge in [0.15, 0.2) is 0 Å². The molecule has 132 valence electrons. The molecule has 0 bridgehead atoms. The molecule has 0 amide bonds. The largest absolute Gasteiger partial charge is 0.423 e. The minimum Gasteiger partial charge on any atom is -0.423 e. The van der Waals surface area contributed by atoms with E-state index in [4.69, 9.17) is 4.74 Å². The molecule has 0 saturated carbocycles. The van der Waals surface area contributed by atoms with E-state index in [1.54, 1.807) is 0 Å². The summed E-state index contributed by atoms with van der Waals surface area (Å²) in [4.78, 5) is 12.4. The van der Waals surface area contributed by atoms with Gasteiger partial charge in [-0.25, -0.2) is 4.79 Å². The number of carbonyl (C=O) groups is 1. The lowest BCUT2D eigenvalue weighted by molar-refractivity contribution is 0.0735. The van der Waals surface area contributed by atoms with Crippen molar-refractivity contribution < 1.29 is 9.53 Å². The highest BCUT2D eigenvalue weighted by atomic mass is 16.5. The molecule has 0 saturated heterocycles. The van der Waals surface area contributed by atoms with E-state index < -0.39 is 0 Å². The van der Waals surface area contributed by atoms with Crippen molar-refractivity contribution in [2.75, 3.05) is 0 Å². The minimum absolute atomic E-state index is 0.333. The fourth-order valence-electron chi connectivity index (χ4n) is 3.14. The Kier molecular flexibility index (Phi) is 4.97. The van der Waals surface area contributed by atoms with Gasteiger partial charge in [-0.1, -0.05) is 72.8 Å². The van der Waals surface area contributed by atoms with Gasteiger partial charge >= 0.3 is 5.97 Å². The van der Waals surface area contributed by atoms with Gasteiger partial charge < -0.3 is 4.74 Å². The van der Waals surface area contributed by atoms with Crippen LogP contribution in [0.25, 0.3) is 10.8 Å². The lowest BCUT2D eigenvalue weighted by Gasteiger charge is -2.07. The number of benzene rings is 4. The second-order valence-electron chi connectivity index (χ2n) is 6.58. The molecule has 4 aromatic carbocycles. The third kappa shape index (κ3) is 4.24. The van der Waals surface area contributed by atoms with E-state index in [0.717, 1.165) is 23.6 Å². The molecule has 2 heteroatoms. The second kappa shape index (κ2) is 7.88. The number of aryl methyl sites for hydroxylation is 2. The van der Waals surface area contributed by atoms with Crippen LogP contribution in [0.1, 0.15) is 21.5 Å². The Morgan fingerprint density at radius 2 is 1.26 bits per heavy atom. The van der Waals surface area contributed by atoms with Crippen molar-refractivity contribution in [2.45, 2.75) is 12.8 Å². The average Bonchev–Trinajstić information content (AvgIpc) is 2.73. The monoisotopic (exact) mass is 352 g/mol. The first-order valence-corrected chi connectivity index (χ1v) is 9.12. The van der Waals surface area contributed by atoms with Crippen LogP contribution in [0.2, 0.25) is 0 Å². The molecule has 2 nitrogen and oxygen atoms in total. The van der Waals surface area contributed by atoms with Crippen LogP contribution < -0.4 is 4.74 Å². The maximum absolute atomic E-state index is 12.4. The Hall–Kier alpha value is -3.39. The second-order valence-corrected chi connectivity index (χ2v) is 6.58. The summed E-state index contributed by atoms with van der Waals surface area (Å²) in [6.45, 7) is 0. The van der Waals surface area contributed by atoms with E-state index in [1.807, 2.05) is 72.8 Å². The van der Waals surface area contributed by atoms with Crippen LogP contribution in [0.5, 0.6) is 5.75 Å². The molecule has 0 heterocycles. The topological polar surface area (TPSA) is 26.3 Å². The number of fused-ring (bicyclic) bond motifs is 1. The number of esters is 1. The lowest BCUT2D eigenvalue weighted by atomic mass is 10.0. The van der Waals surface area contributed by atoms with Crippen molar-refractivity contribution >= 4 is 16.7 Å². The van der Waals surface area contributed by atoms with Gasteiger partial charge in [0.25, 0.3) is 0 Å². The lowest BCUT2D eigenvalue weighted by Crippen LogP contribution is -2.08. The third-order valence-corrected chi connectivity index (χ3v) is 4.67. The fraction of sp³-hybridized carbons (Fsp3) is 0.0800. The Balaban J connectivity index is 1.41. The van der Waals surface area contributed by atoms with Gasteiger partial charge in [-0.3, -0.25) is 0 Å². The van der Waals surface area contributed by atoms with Gasteiger partial charge in [0.2, 0.25) is 0 Å². The van der Waals surface area contributed by atoms with Crippen LogP contribution in [-0.4, -0.2) is 5.97 Å². The summed E-state index contributed by atoms with van der Waals surface area (Å²) in [5, 5.41) is 2.18. The highest BCUT2D eigenvalue weighted by Gasteiger charge is 2.09. The summed E-state index contributed by atoms with van der Waals surface area (Å²) in [6.07, 6.45) is 1.94. The standard InChI is InChI=1S/C25H20O2/c26-25(27-24-17-16-21-8-4-5-9-23(21)18-24)22-14-12-20(13-15-22)11-10-19-6-2-1-3-7-19/h1-9,12-18H,10-11H2. The molecular weight excluding hydrogens is 332 g/mol. The first-order valence-electron chi connectivity index (χ1n) is 9.12. The minimum atomic E-state index is -0.333. The summed E-state index contributed by atoms with van der Waals surface area (Å²) in [5.74, 6) is 0.228. The Labute approximate surface area is 159 Å². The zero-order valence-electron chi connectivity index (χ0n) is 15.0. The summed E-state index contributed by atoms with van der Waals surface area (Å²) in [7, 11) is 0. The predicted octanol–water partition coefficient (Wildman–Crippen LogP) is 5.84. The highest BCUT2D eigenvalue weighted by Crippen LogP contribution is 2.21. The van der Waals surface area contributed by atoms with Crippen LogP contribution >= 0.6 is 0 Å². The number of hydrogen-bond acceptors (Lipinski definition) is 2. The van der Waals surface area contributed by atoms with Crippen LogP contribution in [0.4, 0.5) is 0 Å². The molecule has 4 aromatic rings. The Morgan fingerprint density at radius 3 is 2.00 bits per heavy atom. The van der Waals surface area contributed by atoms with Crippen molar-refractivity contribution in [2.24, 2.45) is 0 Å². The molecule has 0 aromatic heterocycles. The van der Waals surface area contributed by atoms with Crippen molar-refractivity contribution in [3.8, 4) is 5.75 Å². The maximum Gasteiger partial charge on any atom is 0.343 e.